The average Bonchev–Trinajstić information content (AvgIpc) is 2.74. The largest absolute Gasteiger partial charge is 0.341 e. The summed E-state index contributed by atoms with van der Waals surface area (Å²) in [5.74, 6) is 2.00. The van der Waals surface area contributed by atoms with Gasteiger partial charge in [0.1, 0.15) is 5.82 Å². The van der Waals surface area contributed by atoms with Crippen molar-refractivity contribution in [1.82, 2.24) is 15.3 Å². The molecule has 0 bridgehead atoms. The summed E-state index contributed by atoms with van der Waals surface area (Å²) in [6.45, 7) is 3.11. The molecule has 2 N–H and O–H groups in total. The Kier molecular flexibility index (Phi) is 3.33. The summed E-state index contributed by atoms with van der Waals surface area (Å²) < 4.78 is 0. The van der Waals surface area contributed by atoms with E-state index in [1.165, 1.54) is 25.7 Å². The van der Waals surface area contributed by atoms with Crippen molar-refractivity contribution >= 4 is 11.0 Å². The van der Waals surface area contributed by atoms with Gasteiger partial charge in [-0.25, -0.2) is 4.98 Å². The molecule has 0 aliphatic heterocycles. The van der Waals surface area contributed by atoms with Crippen molar-refractivity contribution in [2.45, 2.75) is 45.2 Å². The highest BCUT2D eigenvalue weighted by Gasteiger charge is 2.19. The van der Waals surface area contributed by atoms with Gasteiger partial charge >= 0.3 is 0 Å². The van der Waals surface area contributed by atoms with Gasteiger partial charge in [-0.15, -0.1) is 0 Å². The molecule has 0 saturated heterocycles. The van der Waals surface area contributed by atoms with Crippen molar-refractivity contribution in [3.63, 3.8) is 0 Å². The van der Waals surface area contributed by atoms with Crippen LogP contribution in [0.4, 0.5) is 0 Å². The van der Waals surface area contributed by atoms with Gasteiger partial charge in [-0.1, -0.05) is 31.4 Å². The maximum absolute atomic E-state index is 4.58. The van der Waals surface area contributed by atoms with Crippen molar-refractivity contribution in [2.75, 3.05) is 0 Å². The zero-order valence-corrected chi connectivity index (χ0v) is 10.9. The SMILES string of the molecule is CC(CC1CCC1)NCc1nc2ccccc2[nH]1. The summed E-state index contributed by atoms with van der Waals surface area (Å²) in [5, 5.41) is 3.57. The normalized spacial score (nSPS) is 17.8. The van der Waals surface area contributed by atoms with Crippen LogP contribution in [0.1, 0.15) is 38.4 Å². The Labute approximate surface area is 108 Å². The maximum Gasteiger partial charge on any atom is 0.121 e. The third kappa shape index (κ3) is 2.56. The molecule has 1 aliphatic rings. The van der Waals surface area contributed by atoms with E-state index in [4.69, 9.17) is 0 Å². The highest BCUT2D eigenvalue weighted by atomic mass is 15.0. The van der Waals surface area contributed by atoms with Crippen molar-refractivity contribution in [3.05, 3.63) is 30.1 Å². The van der Waals surface area contributed by atoms with Gasteiger partial charge in [-0.2, -0.15) is 0 Å². The van der Waals surface area contributed by atoms with Crippen LogP contribution in [0.5, 0.6) is 0 Å². The fourth-order valence-electron chi connectivity index (χ4n) is 2.67. The second-order valence-electron chi connectivity index (χ2n) is 5.52. The molecular weight excluding hydrogens is 222 g/mol. The monoisotopic (exact) mass is 243 g/mol. The quantitative estimate of drug-likeness (QED) is 0.846. The number of fused-ring (bicyclic) bond motifs is 1. The highest BCUT2D eigenvalue weighted by Crippen LogP contribution is 2.30. The number of nitrogens with one attached hydrogen (secondary N) is 2. The number of para-hydroxylation sites is 2. The van der Waals surface area contributed by atoms with E-state index in [0.29, 0.717) is 6.04 Å². The molecule has 96 valence electrons. The summed E-state index contributed by atoms with van der Waals surface area (Å²) in [4.78, 5) is 7.94. The van der Waals surface area contributed by atoms with Crippen LogP contribution in [0.25, 0.3) is 11.0 Å². The average molecular weight is 243 g/mol. The van der Waals surface area contributed by atoms with Crippen LogP contribution < -0.4 is 5.32 Å². The summed E-state index contributed by atoms with van der Waals surface area (Å²) >= 11 is 0. The lowest BCUT2D eigenvalue weighted by molar-refractivity contribution is 0.265. The number of benzene rings is 1. The molecule has 0 amide bonds. The first-order chi connectivity index (χ1) is 8.81. The second kappa shape index (κ2) is 5.11. The first kappa shape index (κ1) is 11.7. The maximum atomic E-state index is 4.58. The zero-order chi connectivity index (χ0) is 12.4. The third-order valence-electron chi connectivity index (χ3n) is 3.97. The van der Waals surface area contributed by atoms with Gasteiger partial charge < -0.3 is 10.3 Å². The summed E-state index contributed by atoms with van der Waals surface area (Å²) in [6, 6.07) is 8.77. The Balaban J connectivity index is 1.55. The van der Waals surface area contributed by atoms with Gasteiger partial charge in [-0.3, -0.25) is 0 Å². The molecule has 1 atom stereocenters. The standard InChI is InChI=1S/C15H21N3/c1-11(9-12-5-4-6-12)16-10-15-17-13-7-2-3-8-14(13)18-15/h2-3,7-8,11-12,16H,4-6,9-10H2,1H3,(H,17,18). The molecular formula is C15H21N3. The fourth-order valence-corrected chi connectivity index (χ4v) is 2.67. The fraction of sp³-hybridized carbons (Fsp3) is 0.533. The predicted molar refractivity (Wildman–Crippen MR) is 74.4 cm³/mol. The van der Waals surface area contributed by atoms with Crippen LogP contribution >= 0.6 is 0 Å². The van der Waals surface area contributed by atoms with E-state index in [-0.39, 0.29) is 0 Å². The summed E-state index contributed by atoms with van der Waals surface area (Å²) in [6.07, 6.45) is 5.59. The molecule has 0 radical (unpaired) electrons. The van der Waals surface area contributed by atoms with Crippen LogP contribution in [-0.4, -0.2) is 16.0 Å². The van der Waals surface area contributed by atoms with Crippen LogP contribution in [0.2, 0.25) is 0 Å². The molecule has 3 rings (SSSR count). The van der Waals surface area contributed by atoms with Gasteiger partial charge in [0.25, 0.3) is 0 Å². The predicted octanol–water partition coefficient (Wildman–Crippen LogP) is 3.23. The third-order valence-corrected chi connectivity index (χ3v) is 3.97. The van der Waals surface area contributed by atoms with Crippen molar-refractivity contribution in [1.29, 1.82) is 0 Å². The molecule has 1 aliphatic carbocycles. The Morgan fingerprint density at radius 3 is 2.94 bits per heavy atom. The lowest BCUT2D eigenvalue weighted by atomic mass is 9.81. The van der Waals surface area contributed by atoms with E-state index in [9.17, 15) is 0 Å². The van der Waals surface area contributed by atoms with E-state index in [0.717, 1.165) is 29.3 Å². The van der Waals surface area contributed by atoms with E-state index >= 15 is 0 Å². The molecule has 1 aromatic carbocycles. The lowest BCUT2D eigenvalue weighted by Crippen LogP contribution is -2.30. The lowest BCUT2D eigenvalue weighted by Gasteiger charge is -2.28. The molecule has 2 aromatic rings. The minimum absolute atomic E-state index is 0.587. The van der Waals surface area contributed by atoms with E-state index in [1.54, 1.807) is 0 Å². The Bertz CT molecular complexity index is 480. The van der Waals surface area contributed by atoms with Crippen molar-refractivity contribution < 1.29 is 0 Å². The van der Waals surface area contributed by atoms with Crippen LogP contribution in [0.3, 0.4) is 0 Å². The van der Waals surface area contributed by atoms with Gasteiger partial charge in [0, 0.05) is 6.04 Å². The molecule has 1 saturated carbocycles. The molecule has 1 unspecified atom stereocenters. The van der Waals surface area contributed by atoms with E-state index in [2.05, 4.69) is 28.3 Å². The van der Waals surface area contributed by atoms with Gasteiger partial charge in [0.2, 0.25) is 0 Å². The van der Waals surface area contributed by atoms with Gasteiger partial charge in [-0.05, 0) is 31.4 Å². The Hall–Kier alpha value is -1.35. The molecule has 1 heterocycles. The minimum Gasteiger partial charge on any atom is -0.341 e. The number of H-pyrrole nitrogens is 1. The smallest absolute Gasteiger partial charge is 0.121 e. The van der Waals surface area contributed by atoms with Gasteiger partial charge in [0.05, 0.1) is 17.6 Å². The van der Waals surface area contributed by atoms with Crippen molar-refractivity contribution in [2.24, 2.45) is 5.92 Å². The molecule has 0 spiro atoms. The first-order valence-corrected chi connectivity index (χ1v) is 6.98. The summed E-state index contributed by atoms with van der Waals surface area (Å²) in [5.41, 5.74) is 2.18. The molecule has 18 heavy (non-hydrogen) atoms. The number of imidazole rings is 1. The summed E-state index contributed by atoms with van der Waals surface area (Å²) in [7, 11) is 0. The number of rotatable bonds is 5. The molecule has 1 aromatic heterocycles. The van der Waals surface area contributed by atoms with E-state index < -0.39 is 0 Å². The topological polar surface area (TPSA) is 40.7 Å². The van der Waals surface area contributed by atoms with Crippen LogP contribution in [0.15, 0.2) is 24.3 Å². The van der Waals surface area contributed by atoms with E-state index in [1.807, 2.05) is 18.2 Å². The molecule has 3 nitrogen and oxygen atoms in total. The van der Waals surface area contributed by atoms with Gasteiger partial charge in [0.15, 0.2) is 0 Å². The van der Waals surface area contributed by atoms with Crippen molar-refractivity contribution in [3.8, 4) is 0 Å². The Morgan fingerprint density at radius 1 is 1.39 bits per heavy atom. The van der Waals surface area contributed by atoms with Crippen LogP contribution in [-0.2, 0) is 6.54 Å². The highest BCUT2D eigenvalue weighted by molar-refractivity contribution is 5.74. The first-order valence-electron chi connectivity index (χ1n) is 6.98. The number of hydrogen-bond donors (Lipinski definition) is 2. The number of nitrogens with zero attached hydrogens (tertiary/aromatic N) is 1. The van der Waals surface area contributed by atoms with Crippen LogP contribution in [0, 0.1) is 5.92 Å². The number of aromatic amines is 1. The Morgan fingerprint density at radius 2 is 2.22 bits per heavy atom. The molecule has 1 fully saturated rings. The minimum atomic E-state index is 0.587. The number of aromatic nitrogens is 2. The second-order valence-corrected chi connectivity index (χ2v) is 5.52. The zero-order valence-electron chi connectivity index (χ0n) is 10.9. The molecule has 3 heteroatoms. The number of hydrogen-bond acceptors (Lipinski definition) is 2.